The van der Waals surface area contributed by atoms with Crippen LogP contribution in [-0.2, 0) is 17.9 Å². The summed E-state index contributed by atoms with van der Waals surface area (Å²) in [7, 11) is 0. The minimum atomic E-state index is -0.189. The lowest BCUT2D eigenvalue weighted by Crippen LogP contribution is -2.20. The Morgan fingerprint density at radius 2 is 1.75 bits per heavy atom. The molecular weight excluding hydrogens is 372 g/mol. The van der Waals surface area contributed by atoms with Crippen molar-refractivity contribution in [2.45, 2.75) is 20.0 Å². The van der Waals surface area contributed by atoms with Crippen LogP contribution in [0, 0.1) is 6.92 Å². The van der Waals surface area contributed by atoms with Gasteiger partial charge in [-0.3, -0.25) is 4.79 Å². The van der Waals surface area contributed by atoms with Gasteiger partial charge in [-0.2, -0.15) is 0 Å². The fourth-order valence-corrected chi connectivity index (χ4v) is 2.91. The molecule has 28 heavy (non-hydrogen) atoms. The van der Waals surface area contributed by atoms with Crippen LogP contribution in [0.15, 0.2) is 72.8 Å². The number of rotatable bonds is 8. The minimum absolute atomic E-state index is 0.0373. The topological polar surface area (TPSA) is 50.4 Å². The molecule has 4 nitrogen and oxygen atoms in total. The number of hydrogen-bond donors (Lipinski definition) is 2. The van der Waals surface area contributed by atoms with E-state index in [4.69, 9.17) is 16.3 Å². The number of benzene rings is 3. The van der Waals surface area contributed by atoms with Crippen LogP contribution in [0.3, 0.4) is 0 Å². The van der Waals surface area contributed by atoms with E-state index in [9.17, 15) is 4.79 Å². The molecule has 0 aliphatic rings. The van der Waals surface area contributed by atoms with Crippen LogP contribution >= 0.6 is 11.6 Å². The average molecular weight is 395 g/mol. The molecule has 2 N–H and O–H groups in total. The molecule has 0 spiro atoms. The van der Waals surface area contributed by atoms with Crippen LogP contribution in [0.4, 0.5) is 5.69 Å². The Bertz CT molecular complexity index is 926. The number of hydrogen-bond acceptors (Lipinski definition) is 3. The predicted octanol–water partition coefficient (Wildman–Crippen LogP) is 4.96. The summed E-state index contributed by atoms with van der Waals surface area (Å²) in [5.74, 6) is 0.474. The second-order valence-corrected chi connectivity index (χ2v) is 6.95. The average Bonchev–Trinajstić information content (AvgIpc) is 2.70. The smallest absolute Gasteiger partial charge is 0.262 e. The maximum Gasteiger partial charge on any atom is 0.262 e. The standard InChI is InChI=1S/C23H23ClN2O2/c1-17-9-11-20(12-10-17)26-23(27)16-28-21-7-4-5-18(13-21)14-25-15-19-6-2-3-8-22(19)24/h2-13,25H,14-16H2,1H3,(H,26,27). The number of anilines is 1. The van der Waals surface area contributed by atoms with Crippen LogP contribution in [-0.4, -0.2) is 12.5 Å². The molecular formula is C23H23ClN2O2. The van der Waals surface area contributed by atoms with Crippen LogP contribution in [0.25, 0.3) is 0 Å². The summed E-state index contributed by atoms with van der Waals surface area (Å²) < 4.78 is 5.63. The summed E-state index contributed by atoms with van der Waals surface area (Å²) in [6.45, 7) is 3.33. The number of nitrogens with one attached hydrogen (secondary N) is 2. The third-order valence-corrected chi connectivity index (χ3v) is 4.57. The molecule has 5 heteroatoms. The van der Waals surface area contributed by atoms with Gasteiger partial charge in [-0.25, -0.2) is 0 Å². The van der Waals surface area contributed by atoms with Gasteiger partial charge in [0, 0.05) is 23.8 Å². The zero-order valence-corrected chi connectivity index (χ0v) is 16.5. The van der Waals surface area contributed by atoms with E-state index >= 15 is 0 Å². The summed E-state index contributed by atoms with van der Waals surface area (Å²) >= 11 is 6.17. The molecule has 0 unspecified atom stereocenters. The van der Waals surface area contributed by atoms with Crippen molar-refractivity contribution in [3.05, 3.63) is 94.5 Å². The molecule has 0 heterocycles. The van der Waals surface area contributed by atoms with Gasteiger partial charge >= 0.3 is 0 Å². The highest BCUT2D eigenvalue weighted by Gasteiger charge is 2.05. The molecule has 0 aliphatic carbocycles. The highest BCUT2D eigenvalue weighted by molar-refractivity contribution is 6.31. The number of aryl methyl sites for hydroxylation is 1. The zero-order valence-electron chi connectivity index (χ0n) is 15.7. The maximum atomic E-state index is 12.1. The summed E-state index contributed by atoms with van der Waals surface area (Å²) in [6.07, 6.45) is 0. The minimum Gasteiger partial charge on any atom is -0.484 e. The number of ether oxygens (including phenoxy) is 1. The van der Waals surface area contributed by atoms with Gasteiger partial charge in [-0.15, -0.1) is 0 Å². The quantitative estimate of drug-likeness (QED) is 0.568. The fraction of sp³-hybridized carbons (Fsp3) is 0.174. The maximum absolute atomic E-state index is 12.1. The van der Waals surface area contributed by atoms with E-state index in [0.717, 1.165) is 27.4 Å². The Morgan fingerprint density at radius 1 is 0.964 bits per heavy atom. The van der Waals surface area contributed by atoms with Gasteiger partial charge in [0.25, 0.3) is 5.91 Å². The van der Waals surface area contributed by atoms with Gasteiger partial charge in [0.1, 0.15) is 5.75 Å². The Kier molecular flexibility index (Phi) is 7.06. The highest BCUT2D eigenvalue weighted by Crippen LogP contribution is 2.16. The molecule has 0 fully saturated rings. The Hall–Kier alpha value is -2.82. The molecule has 0 bridgehead atoms. The molecule has 3 aromatic carbocycles. The first kappa shape index (κ1) is 19.9. The van der Waals surface area contributed by atoms with E-state index in [-0.39, 0.29) is 12.5 Å². The zero-order chi connectivity index (χ0) is 19.8. The second kappa shape index (κ2) is 9.93. The molecule has 144 valence electrons. The predicted molar refractivity (Wildman–Crippen MR) is 114 cm³/mol. The number of amides is 1. The summed E-state index contributed by atoms with van der Waals surface area (Å²) in [5, 5.41) is 6.95. The second-order valence-electron chi connectivity index (χ2n) is 6.55. The molecule has 3 rings (SSSR count). The summed E-state index contributed by atoms with van der Waals surface area (Å²) in [5.41, 5.74) is 4.04. The third-order valence-electron chi connectivity index (χ3n) is 4.21. The van der Waals surface area contributed by atoms with Crippen molar-refractivity contribution in [3.63, 3.8) is 0 Å². The van der Waals surface area contributed by atoms with Crippen LogP contribution < -0.4 is 15.4 Å². The molecule has 0 aromatic heterocycles. The largest absolute Gasteiger partial charge is 0.484 e. The highest BCUT2D eigenvalue weighted by atomic mass is 35.5. The van der Waals surface area contributed by atoms with E-state index in [1.165, 1.54) is 0 Å². The van der Waals surface area contributed by atoms with E-state index in [1.54, 1.807) is 0 Å². The Labute approximate surface area is 170 Å². The van der Waals surface area contributed by atoms with Crippen molar-refractivity contribution in [1.82, 2.24) is 5.32 Å². The number of halogens is 1. The monoisotopic (exact) mass is 394 g/mol. The molecule has 0 saturated carbocycles. The van der Waals surface area contributed by atoms with Crippen molar-refractivity contribution in [1.29, 1.82) is 0 Å². The normalized spacial score (nSPS) is 10.5. The van der Waals surface area contributed by atoms with Gasteiger partial charge in [0.2, 0.25) is 0 Å². The molecule has 0 atom stereocenters. The van der Waals surface area contributed by atoms with Gasteiger partial charge in [0.05, 0.1) is 0 Å². The lowest BCUT2D eigenvalue weighted by molar-refractivity contribution is -0.118. The first-order valence-electron chi connectivity index (χ1n) is 9.12. The van der Waals surface area contributed by atoms with E-state index in [0.29, 0.717) is 18.8 Å². The van der Waals surface area contributed by atoms with E-state index in [2.05, 4.69) is 10.6 Å². The molecule has 0 saturated heterocycles. The van der Waals surface area contributed by atoms with E-state index in [1.807, 2.05) is 79.7 Å². The Morgan fingerprint density at radius 3 is 2.54 bits per heavy atom. The van der Waals surface area contributed by atoms with Gasteiger partial charge in [-0.1, -0.05) is 59.6 Å². The van der Waals surface area contributed by atoms with Crippen LogP contribution in [0.1, 0.15) is 16.7 Å². The Balaban J connectivity index is 1.47. The van der Waals surface area contributed by atoms with Crippen molar-refractivity contribution >= 4 is 23.2 Å². The van der Waals surface area contributed by atoms with Crippen molar-refractivity contribution < 1.29 is 9.53 Å². The number of carbonyl (C=O) groups excluding carboxylic acids is 1. The third kappa shape index (κ3) is 6.12. The van der Waals surface area contributed by atoms with E-state index < -0.39 is 0 Å². The lowest BCUT2D eigenvalue weighted by Gasteiger charge is -2.10. The van der Waals surface area contributed by atoms with Crippen molar-refractivity contribution in [2.75, 3.05) is 11.9 Å². The molecule has 0 radical (unpaired) electrons. The first-order chi connectivity index (χ1) is 13.6. The van der Waals surface area contributed by atoms with Crippen molar-refractivity contribution in [2.24, 2.45) is 0 Å². The van der Waals surface area contributed by atoms with Gasteiger partial charge in [0.15, 0.2) is 6.61 Å². The van der Waals surface area contributed by atoms with Crippen LogP contribution in [0.2, 0.25) is 5.02 Å². The lowest BCUT2D eigenvalue weighted by atomic mass is 10.2. The van der Waals surface area contributed by atoms with Crippen molar-refractivity contribution in [3.8, 4) is 5.75 Å². The van der Waals surface area contributed by atoms with Gasteiger partial charge < -0.3 is 15.4 Å². The molecule has 0 aliphatic heterocycles. The SMILES string of the molecule is Cc1ccc(NC(=O)COc2cccc(CNCc3ccccc3Cl)c2)cc1. The van der Waals surface area contributed by atoms with Crippen LogP contribution in [0.5, 0.6) is 5.75 Å². The molecule has 3 aromatic rings. The number of carbonyl (C=O) groups is 1. The fourth-order valence-electron chi connectivity index (χ4n) is 2.71. The summed E-state index contributed by atoms with van der Waals surface area (Å²) in [6, 6.07) is 23.1. The first-order valence-corrected chi connectivity index (χ1v) is 9.50. The summed E-state index contributed by atoms with van der Waals surface area (Å²) in [4.78, 5) is 12.1. The van der Waals surface area contributed by atoms with Gasteiger partial charge in [-0.05, 0) is 48.4 Å². The molecule has 1 amide bonds.